The molecule has 0 bridgehead atoms. The summed E-state index contributed by atoms with van der Waals surface area (Å²) in [5, 5.41) is 9.59. The molecule has 0 fully saturated rings. The first-order valence-corrected chi connectivity index (χ1v) is 8.87. The minimum absolute atomic E-state index is 0.153. The molecule has 0 atom stereocenters. The van der Waals surface area contributed by atoms with E-state index in [1.807, 2.05) is 51.0 Å². The van der Waals surface area contributed by atoms with Crippen LogP contribution in [0.1, 0.15) is 13.8 Å². The van der Waals surface area contributed by atoms with E-state index in [-0.39, 0.29) is 11.1 Å². The van der Waals surface area contributed by atoms with E-state index < -0.39 is 5.54 Å². The Kier molecular flexibility index (Phi) is 10.2. The SMILES string of the molecule is C[SH]=C(O)C#CC(C)(C)N(C)CCOC(=O)N(C)CCN(C)C. The molecule has 0 aromatic heterocycles. The second kappa shape index (κ2) is 10.7. The fourth-order valence-electron chi connectivity index (χ4n) is 1.46. The van der Waals surface area contributed by atoms with Crippen LogP contribution in [0.25, 0.3) is 0 Å². The van der Waals surface area contributed by atoms with Crippen LogP contribution in [0.2, 0.25) is 0 Å². The summed E-state index contributed by atoms with van der Waals surface area (Å²) in [5.41, 5.74) is -0.415. The summed E-state index contributed by atoms with van der Waals surface area (Å²) in [5.74, 6) is 5.77. The van der Waals surface area contributed by atoms with Crippen molar-refractivity contribution >= 4 is 22.5 Å². The predicted molar refractivity (Wildman–Crippen MR) is 99.6 cm³/mol. The van der Waals surface area contributed by atoms with Crippen LogP contribution in [0.3, 0.4) is 0 Å². The van der Waals surface area contributed by atoms with Gasteiger partial charge in [0.05, 0.1) is 5.54 Å². The molecule has 0 aliphatic rings. The molecule has 0 rings (SSSR count). The van der Waals surface area contributed by atoms with E-state index in [0.717, 1.165) is 17.9 Å². The Labute approximate surface area is 144 Å². The summed E-state index contributed by atoms with van der Waals surface area (Å²) in [4.78, 5) is 17.4. The largest absolute Gasteiger partial charge is 0.448 e. The van der Waals surface area contributed by atoms with Gasteiger partial charge < -0.3 is 19.6 Å². The molecular formula is C16H31N3O3S. The first-order chi connectivity index (χ1) is 10.6. The number of thiol groups is 1. The van der Waals surface area contributed by atoms with Crippen molar-refractivity contribution in [2.45, 2.75) is 19.4 Å². The number of carbonyl (C=O) groups excluding carboxylic acids is 1. The third kappa shape index (κ3) is 9.61. The molecule has 0 spiro atoms. The Morgan fingerprint density at radius 2 is 1.78 bits per heavy atom. The minimum atomic E-state index is -0.415. The molecule has 0 aliphatic heterocycles. The third-order valence-electron chi connectivity index (χ3n) is 3.49. The summed E-state index contributed by atoms with van der Waals surface area (Å²) < 4.78 is 5.27. The number of nitrogens with zero attached hydrogens (tertiary/aromatic N) is 3. The van der Waals surface area contributed by atoms with Crippen LogP contribution in [-0.2, 0) is 4.74 Å². The molecule has 1 amide bonds. The highest BCUT2D eigenvalue weighted by Crippen LogP contribution is 2.10. The van der Waals surface area contributed by atoms with Gasteiger partial charge in [-0.05, 0) is 47.2 Å². The van der Waals surface area contributed by atoms with Gasteiger partial charge in [-0.2, -0.15) is 11.4 Å². The van der Waals surface area contributed by atoms with E-state index in [0.29, 0.717) is 19.7 Å². The first-order valence-electron chi connectivity index (χ1n) is 7.53. The molecule has 0 aromatic rings. The Balaban J connectivity index is 4.29. The van der Waals surface area contributed by atoms with Gasteiger partial charge in [-0.15, -0.1) is 0 Å². The van der Waals surface area contributed by atoms with Crippen LogP contribution in [0.4, 0.5) is 4.79 Å². The number of hydrogen-bond donors (Lipinski definition) is 2. The quantitative estimate of drug-likeness (QED) is 0.411. The molecular weight excluding hydrogens is 314 g/mol. The van der Waals surface area contributed by atoms with E-state index >= 15 is 0 Å². The molecule has 134 valence electrons. The van der Waals surface area contributed by atoms with Gasteiger partial charge in [0.15, 0.2) is 0 Å². The standard InChI is InChI=1S/C16H31N3O3S/c1-16(2,9-8-14(20)23-7)19(6)12-13-22-15(21)18(5)11-10-17(3)4/h20,23H,10-13H2,1-7H3. The van der Waals surface area contributed by atoms with Crippen LogP contribution >= 0.6 is 11.4 Å². The van der Waals surface area contributed by atoms with Crippen LogP contribution in [0.15, 0.2) is 0 Å². The van der Waals surface area contributed by atoms with Crippen molar-refractivity contribution in [1.29, 1.82) is 0 Å². The molecule has 0 aliphatic carbocycles. The molecule has 0 unspecified atom stereocenters. The Morgan fingerprint density at radius 1 is 1.17 bits per heavy atom. The number of aliphatic hydroxyl groups is 1. The summed E-state index contributed by atoms with van der Waals surface area (Å²) >= 11 is 0.758. The van der Waals surface area contributed by atoms with E-state index in [1.54, 1.807) is 11.9 Å². The monoisotopic (exact) mass is 345 g/mol. The maximum absolute atomic E-state index is 11.8. The normalized spacial score (nSPS) is 12.5. The number of aliphatic hydroxyl groups excluding tert-OH is 1. The maximum Gasteiger partial charge on any atom is 0.409 e. The number of ether oxygens (including phenoxy) is 1. The highest BCUT2D eigenvalue weighted by Gasteiger charge is 2.21. The number of amides is 1. The predicted octanol–water partition coefficient (Wildman–Crippen LogP) is 1.11. The van der Waals surface area contributed by atoms with E-state index in [1.165, 1.54) is 0 Å². The lowest BCUT2D eigenvalue weighted by atomic mass is 10.0. The fourth-order valence-corrected chi connectivity index (χ4v) is 1.63. The molecule has 7 heteroatoms. The number of carbonyl (C=O) groups is 1. The molecule has 23 heavy (non-hydrogen) atoms. The second-order valence-electron chi connectivity index (χ2n) is 6.12. The fraction of sp³-hybridized carbons (Fsp3) is 0.750. The van der Waals surface area contributed by atoms with Gasteiger partial charge in [-0.25, -0.2) is 4.79 Å². The molecule has 0 heterocycles. The van der Waals surface area contributed by atoms with E-state index in [2.05, 4.69) is 11.8 Å². The summed E-state index contributed by atoms with van der Waals surface area (Å²) in [6.07, 6.45) is 1.51. The van der Waals surface area contributed by atoms with Crippen molar-refractivity contribution in [3.8, 4) is 11.8 Å². The smallest absolute Gasteiger partial charge is 0.409 e. The van der Waals surface area contributed by atoms with E-state index in [9.17, 15) is 9.90 Å². The van der Waals surface area contributed by atoms with Crippen molar-refractivity contribution in [2.24, 2.45) is 0 Å². The molecule has 0 saturated carbocycles. The van der Waals surface area contributed by atoms with Crippen LogP contribution in [0, 0.1) is 11.8 Å². The molecule has 6 nitrogen and oxygen atoms in total. The highest BCUT2D eigenvalue weighted by molar-refractivity contribution is 7.98. The molecule has 1 N–H and O–H groups in total. The number of likely N-dealkylation sites (N-methyl/N-ethyl adjacent to an activating group) is 3. The van der Waals surface area contributed by atoms with Gasteiger partial charge in [0.1, 0.15) is 11.7 Å². The number of hydrogen-bond acceptors (Lipinski definition) is 4. The van der Waals surface area contributed by atoms with Crippen molar-refractivity contribution < 1.29 is 14.6 Å². The van der Waals surface area contributed by atoms with Crippen molar-refractivity contribution in [3.63, 3.8) is 0 Å². The van der Waals surface area contributed by atoms with Crippen molar-refractivity contribution in [1.82, 2.24) is 14.7 Å². The average molecular weight is 346 g/mol. The molecule has 0 aromatic carbocycles. The molecule has 0 radical (unpaired) electrons. The van der Waals surface area contributed by atoms with Gasteiger partial charge in [-0.3, -0.25) is 4.90 Å². The Hall–Kier alpha value is -1.07. The first kappa shape index (κ1) is 21.9. The summed E-state index contributed by atoms with van der Waals surface area (Å²) in [6.45, 7) is 6.22. The van der Waals surface area contributed by atoms with Crippen LogP contribution in [-0.4, -0.2) is 97.2 Å². The second-order valence-corrected chi connectivity index (χ2v) is 6.99. The highest BCUT2D eigenvalue weighted by atomic mass is 32.1. The minimum Gasteiger partial charge on any atom is -0.448 e. The van der Waals surface area contributed by atoms with Gasteiger partial charge in [0, 0.05) is 26.7 Å². The zero-order valence-corrected chi connectivity index (χ0v) is 16.3. The topological polar surface area (TPSA) is 56.3 Å². The number of rotatable bonds is 7. The van der Waals surface area contributed by atoms with Crippen molar-refractivity contribution in [3.05, 3.63) is 0 Å². The van der Waals surface area contributed by atoms with Crippen molar-refractivity contribution in [2.75, 3.05) is 60.7 Å². The van der Waals surface area contributed by atoms with Gasteiger partial charge >= 0.3 is 6.09 Å². The lowest BCUT2D eigenvalue weighted by Gasteiger charge is -2.30. The summed E-state index contributed by atoms with van der Waals surface area (Å²) in [6, 6.07) is 0. The summed E-state index contributed by atoms with van der Waals surface area (Å²) in [7, 11) is 7.57. The van der Waals surface area contributed by atoms with Crippen LogP contribution in [0.5, 0.6) is 0 Å². The Bertz CT molecular complexity index is 467. The Morgan fingerprint density at radius 3 is 2.30 bits per heavy atom. The van der Waals surface area contributed by atoms with Gasteiger partial charge in [0.2, 0.25) is 0 Å². The van der Waals surface area contributed by atoms with E-state index in [4.69, 9.17) is 4.74 Å². The van der Waals surface area contributed by atoms with Crippen LogP contribution < -0.4 is 0 Å². The molecule has 0 saturated heterocycles. The lowest BCUT2D eigenvalue weighted by molar-refractivity contribution is 0.0890. The van der Waals surface area contributed by atoms with Gasteiger partial charge in [0.25, 0.3) is 0 Å². The average Bonchev–Trinajstić information content (AvgIpc) is 2.49. The maximum atomic E-state index is 11.8. The van der Waals surface area contributed by atoms with Gasteiger partial charge in [-0.1, -0.05) is 5.92 Å². The lowest BCUT2D eigenvalue weighted by Crippen LogP contribution is -2.42. The zero-order chi connectivity index (χ0) is 18.0. The third-order valence-corrected chi connectivity index (χ3v) is 4.03. The zero-order valence-electron chi connectivity index (χ0n) is 15.4.